The van der Waals surface area contributed by atoms with Gasteiger partial charge in [0.25, 0.3) is 0 Å². The number of alkyl halides is 3. The monoisotopic (exact) mass is 400 g/mol. The zero-order valence-electron chi connectivity index (χ0n) is 12.6. The van der Waals surface area contributed by atoms with E-state index in [-0.39, 0.29) is 35.3 Å². The third-order valence-corrected chi connectivity index (χ3v) is 3.38. The summed E-state index contributed by atoms with van der Waals surface area (Å²) in [7, 11) is 0. The van der Waals surface area contributed by atoms with E-state index in [1.807, 2.05) is 0 Å². The fraction of sp³-hybridized carbons (Fsp3) is 0.357. The van der Waals surface area contributed by atoms with Crippen LogP contribution >= 0.6 is 23.2 Å². The molecule has 0 saturated carbocycles. The highest BCUT2D eigenvalue weighted by atomic mass is 35.5. The molecule has 6 nitrogen and oxygen atoms in total. The lowest BCUT2D eigenvalue weighted by molar-refractivity contribution is -0.201. The molecule has 0 aliphatic rings. The van der Waals surface area contributed by atoms with Gasteiger partial charge < -0.3 is 15.3 Å². The van der Waals surface area contributed by atoms with Crippen LogP contribution in [-0.2, 0) is 19.2 Å². The Kier molecular flexibility index (Phi) is 8.14. The first-order valence-corrected chi connectivity index (χ1v) is 7.57. The summed E-state index contributed by atoms with van der Waals surface area (Å²) in [4.78, 5) is 26.9. The van der Waals surface area contributed by atoms with Gasteiger partial charge in [-0.2, -0.15) is 13.2 Å². The van der Waals surface area contributed by atoms with Crippen molar-refractivity contribution < 1.29 is 32.3 Å². The average molecular weight is 401 g/mol. The molecule has 0 aromatic heterocycles. The quantitative estimate of drug-likeness (QED) is 0.249. The van der Waals surface area contributed by atoms with Gasteiger partial charge in [-0.15, -0.1) is 0 Å². The maximum atomic E-state index is 12.1. The summed E-state index contributed by atoms with van der Waals surface area (Å²) in [5, 5.41) is 4.26. The standard InChI is InChI=1S/C14H13Cl2F3N2O4/c15-9-2-1-8(7-10(9)16)11(21-24-6-5-20)3-4-12(22)25-13(23)14(17,18)19/h1-2,7H,3-6,20H2. The molecule has 0 bridgehead atoms. The van der Waals surface area contributed by atoms with Crippen molar-refractivity contribution in [3.8, 4) is 0 Å². The van der Waals surface area contributed by atoms with E-state index in [1.54, 1.807) is 0 Å². The lowest BCUT2D eigenvalue weighted by Crippen LogP contribution is -2.28. The minimum atomic E-state index is -5.25. The number of oxime groups is 1. The van der Waals surface area contributed by atoms with Crippen molar-refractivity contribution in [2.24, 2.45) is 10.9 Å². The maximum absolute atomic E-state index is 12.1. The fourth-order valence-corrected chi connectivity index (χ4v) is 1.83. The van der Waals surface area contributed by atoms with Crippen LogP contribution in [0.4, 0.5) is 13.2 Å². The third kappa shape index (κ3) is 7.29. The van der Waals surface area contributed by atoms with E-state index in [2.05, 4.69) is 9.89 Å². The zero-order chi connectivity index (χ0) is 19.0. The minimum Gasteiger partial charge on any atom is -0.394 e. The van der Waals surface area contributed by atoms with Gasteiger partial charge in [-0.1, -0.05) is 34.4 Å². The highest BCUT2D eigenvalue weighted by Gasteiger charge is 2.42. The van der Waals surface area contributed by atoms with E-state index in [4.69, 9.17) is 33.8 Å². The number of nitrogens with two attached hydrogens (primary N) is 1. The van der Waals surface area contributed by atoms with Crippen LogP contribution < -0.4 is 5.73 Å². The molecule has 138 valence electrons. The number of halogens is 5. The Balaban J connectivity index is 2.81. The molecule has 11 heteroatoms. The van der Waals surface area contributed by atoms with Crippen molar-refractivity contribution >= 4 is 40.9 Å². The van der Waals surface area contributed by atoms with E-state index in [9.17, 15) is 22.8 Å². The Morgan fingerprint density at radius 3 is 2.40 bits per heavy atom. The molecule has 0 heterocycles. The van der Waals surface area contributed by atoms with E-state index < -0.39 is 24.5 Å². The van der Waals surface area contributed by atoms with Gasteiger partial charge in [-0.25, -0.2) is 4.79 Å². The van der Waals surface area contributed by atoms with Crippen LogP contribution in [0.25, 0.3) is 0 Å². The molecule has 0 unspecified atom stereocenters. The van der Waals surface area contributed by atoms with Gasteiger partial charge in [0.05, 0.1) is 22.2 Å². The predicted octanol–water partition coefficient (Wildman–Crippen LogP) is 3.09. The van der Waals surface area contributed by atoms with Gasteiger partial charge in [0, 0.05) is 18.5 Å². The Labute approximate surface area is 150 Å². The normalized spacial score (nSPS) is 12.0. The van der Waals surface area contributed by atoms with Crippen LogP contribution in [0.3, 0.4) is 0 Å². The largest absolute Gasteiger partial charge is 0.491 e. The summed E-state index contributed by atoms with van der Waals surface area (Å²) in [6, 6.07) is 4.45. The molecule has 0 amide bonds. The first-order valence-electron chi connectivity index (χ1n) is 6.81. The molecular formula is C14H13Cl2F3N2O4. The second kappa shape index (κ2) is 9.59. The first-order chi connectivity index (χ1) is 11.6. The average Bonchev–Trinajstić information content (AvgIpc) is 2.52. The minimum absolute atomic E-state index is 0.0851. The van der Waals surface area contributed by atoms with Crippen LogP contribution in [0.15, 0.2) is 23.4 Å². The number of rotatable bonds is 7. The number of esters is 2. The molecule has 0 atom stereocenters. The van der Waals surface area contributed by atoms with Crippen LogP contribution in [-0.4, -0.2) is 37.0 Å². The first kappa shape index (κ1) is 21.2. The molecule has 1 aromatic carbocycles. The van der Waals surface area contributed by atoms with Crippen molar-refractivity contribution in [3.05, 3.63) is 33.8 Å². The second-order valence-corrected chi connectivity index (χ2v) is 5.36. The third-order valence-electron chi connectivity index (χ3n) is 2.64. The van der Waals surface area contributed by atoms with Gasteiger partial charge in [0.1, 0.15) is 6.61 Å². The summed E-state index contributed by atoms with van der Waals surface area (Å²) in [6.45, 7) is 0.266. The molecule has 2 N–H and O–H groups in total. The molecule has 0 radical (unpaired) electrons. The summed E-state index contributed by atoms with van der Waals surface area (Å²) in [5.41, 5.74) is 5.89. The lowest BCUT2D eigenvalue weighted by Gasteiger charge is -2.09. The molecule has 0 fully saturated rings. The van der Waals surface area contributed by atoms with Gasteiger partial charge >= 0.3 is 18.1 Å². The highest BCUT2D eigenvalue weighted by molar-refractivity contribution is 6.42. The highest BCUT2D eigenvalue weighted by Crippen LogP contribution is 2.24. The number of hydrogen-bond donors (Lipinski definition) is 1. The molecule has 0 saturated heterocycles. The topological polar surface area (TPSA) is 91.0 Å². The van der Waals surface area contributed by atoms with E-state index in [0.29, 0.717) is 5.56 Å². The zero-order valence-corrected chi connectivity index (χ0v) is 14.1. The van der Waals surface area contributed by atoms with Crippen molar-refractivity contribution in [3.63, 3.8) is 0 Å². The number of hydrogen-bond acceptors (Lipinski definition) is 6. The summed E-state index contributed by atoms with van der Waals surface area (Å²) in [6.07, 6.45) is -5.94. The number of ether oxygens (including phenoxy) is 1. The van der Waals surface area contributed by atoms with E-state index >= 15 is 0 Å². The fourth-order valence-electron chi connectivity index (χ4n) is 1.53. The Bertz CT molecular complexity index is 666. The summed E-state index contributed by atoms with van der Waals surface area (Å²) in [5.74, 6) is -3.93. The van der Waals surface area contributed by atoms with Crippen molar-refractivity contribution in [2.45, 2.75) is 19.0 Å². The van der Waals surface area contributed by atoms with Gasteiger partial charge in [0.2, 0.25) is 0 Å². The molecule has 0 aliphatic carbocycles. The molecule has 0 aliphatic heterocycles. The van der Waals surface area contributed by atoms with Crippen molar-refractivity contribution in [2.75, 3.05) is 13.2 Å². The lowest BCUT2D eigenvalue weighted by atomic mass is 10.1. The molecule has 25 heavy (non-hydrogen) atoms. The van der Waals surface area contributed by atoms with Crippen LogP contribution in [0, 0.1) is 0 Å². The van der Waals surface area contributed by atoms with Crippen LogP contribution in [0.5, 0.6) is 0 Å². The Morgan fingerprint density at radius 1 is 1.16 bits per heavy atom. The van der Waals surface area contributed by atoms with E-state index in [1.165, 1.54) is 18.2 Å². The van der Waals surface area contributed by atoms with Gasteiger partial charge in [-0.05, 0) is 12.1 Å². The predicted molar refractivity (Wildman–Crippen MR) is 84.4 cm³/mol. The second-order valence-electron chi connectivity index (χ2n) is 4.55. The molecule has 1 rings (SSSR count). The van der Waals surface area contributed by atoms with Crippen LogP contribution in [0.2, 0.25) is 10.0 Å². The van der Waals surface area contributed by atoms with Gasteiger partial charge in [0.15, 0.2) is 0 Å². The maximum Gasteiger partial charge on any atom is 0.491 e. The number of carbonyl (C=O) groups excluding carboxylic acids is 2. The number of carbonyl (C=O) groups is 2. The SMILES string of the molecule is NCCON=C(CCC(=O)OC(=O)C(F)(F)F)c1ccc(Cl)c(Cl)c1. The van der Waals surface area contributed by atoms with Crippen molar-refractivity contribution in [1.29, 1.82) is 0 Å². The summed E-state index contributed by atoms with van der Waals surface area (Å²) < 4.78 is 39.9. The smallest absolute Gasteiger partial charge is 0.394 e. The van der Waals surface area contributed by atoms with Gasteiger partial charge in [-0.3, -0.25) is 4.79 Å². The van der Waals surface area contributed by atoms with E-state index in [0.717, 1.165) is 0 Å². The molecule has 1 aromatic rings. The number of nitrogens with zero attached hydrogens (tertiary/aromatic N) is 1. The Hall–Kier alpha value is -1.84. The summed E-state index contributed by atoms with van der Waals surface area (Å²) >= 11 is 11.7. The molecular weight excluding hydrogens is 388 g/mol. The Morgan fingerprint density at radius 2 is 1.84 bits per heavy atom. The van der Waals surface area contributed by atoms with Crippen molar-refractivity contribution in [1.82, 2.24) is 0 Å². The number of benzene rings is 1. The molecule has 0 spiro atoms. The van der Waals surface area contributed by atoms with Crippen LogP contribution in [0.1, 0.15) is 18.4 Å².